The average Bonchev–Trinajstić information content (AvgIpc) is 3.17. The van der Waals surface area contributed by atoms with Crippen LogP contribution in [-0.2, 0) is 14.0 Å². The quantitative estimate of drug-likeness (QED) is 0.667. The molecule has 0 spiro atoms. The number of hydrogen-bond donors (Lipinski definition) is 0. The van der Waals surface area contributed by atoms with Crippen molar-refractivity contribution in [1.29, 1.82) is 0 Å². The third-order valence-electron chi connectivity index (χ3n) is 6.45. The molecule has 0 unspecified atom stereocenters. The SMILES string of the molecule is CC(C)(C)OC(=O)N1CCC(c2nc3cc(B4OC(C)(C)C(C)(C)O4)ccc3o2)CC1. The molecule has 8 heteroatoms. The Morgan fingerprint density at radius 3 is 2.32 bits per heavy atom. The van der Waals surface area contributed by atoms with Crippen molar-refractivity contribution in [2.75, 3.05) is 13.1 Å². The molecule has 7 nitrogen and oxygen atoms in total. The molecular weight excluding hydrogens is 395 g/mol. The molecule has 2 saturated heterocycles. The van der Waals surface area contributed by atoms with Crippen LogP contribution in [0.15, 0.2) is 22.6 Å². The maximum Gasteiger partial charge on any atom is 0.494 e. The van der Waals surface area contributed by atoms with Crippen LogP contribution >= 0.6 is 0 Å². The molecule has 0 radical (unpaired) electrons. The third-order valence-corrected chi connectivity index (χ3v) is 6.45. The molecule has 31 heavy (non-hydrogen) atoms. The van der Waals surface area contributed by atoms with Gasteiger partial charge in [0.1, 0.15) is 11.1 Å². The first kappa shape index (κ1) is 22.2. The van der Waals surface area contributed by atoms with Crippen LogP contribution in [0.1, 0.15) is 73.1 Å². The lowest BCUT2D eigenvalue weighted by Crippen LogP contribution is -2.41. The lowest BCUT2D eigenvalue weighted by atomic mass is 9.79. The fourth-order valence-electron chi connectivity index (χ4n) is 3.90. The van der Waals surface area contributed by atoms with Crippen molar-refractivity contribution in [2.45, 2.75) is 84.0 Å². The van der Waals surface area contributed by atoms with Crippen LogP contribution in [-0.4, -0.2) is 53.0 Å². The summed E-state index contributed by atoms with van der Waals surface area (Å²) in [5, 5.41) is 0. The van der Waals surface area contributed by atoms with Gasteiger partial charge in [-0.15, -0.1) is 0 Å². The van der Waals surface area contributed by atoms with Crippen molar-refractivity contribution in [2.24, 2.45) is 0 Å². The Kier molecular flexibility index (Phi) is 5.37. The number of carbonyl (C=O) groups excluding carboxylic acids is 1. The Bertz CT molecular complexity index is 954. The molecule has 1 amide bonds. The molecule has 1 aromatic heterocycles. The summed E-state index contributed by atoms with van der Waals surface area (Å²) in [5.74, 6) is 0.913. The number of piperidine rings is 1. The summed E-state index contributed by atoms with van der Waals surface area (Å²) in [5.41, 5.74) is 1.24. The van der Waals surface area contributed by atoms with Crippen LogP contribution in [0.3, 0.4) is 0 Å². The van der Waals surface area contributed by atoms with E-state index in [0.717, 1.165) is 35.3 Å². The van der Waals surface area contributed by atoms with Crippen molar-refractivity contribution < 1.29 is 23.3 Å². The second-order valence-electron chi connectivity index (χ2n) is 10.6. The zero-order valence-electron chi connectivity index (χ0n) is 19.7. The number of aromatic nitrogens is 1. The minimum absolute atomic E-state index is 0.186. The van der Waals surface area contributed by atoms with Crippen molar-refractivity contribution in [3.05, 3.63) is 24.1 Å². The Morgan fingerprint density at radius 1 is 1.13 bits per heavy atom. The Morgan fingerprint density at radius 2 is 1.74 bits per heavy atom. The molecular formula is C23H33BN2O5. The predicted octanol–water partition coefficient (Wildman–Crippen LogP) is 4.24. The molecule has 0 N–H and O–H groups in total. The normalized spacial score (nSPS) is 21.6. The first-order chi connectivity index (χ1) is 14.3. The van der Waals surface area contributed by atoms with E-state index in [1.807, 2.05) is 66.7 Å². The second kappa shape index (κ2) is 7.52. The van der Waals surface area contributed by atoms with Gasteiger partial charge in [0.25, 0.3) is 0 Å². The lowest BCUT2D eigenvalue weighted by Gasteiger charge is -2.32. The molecule has 0 saturated carbocycles. The minimum Gasteiger partial charge on any atom is -0.444 e. The van der Waals surface area contributed by atoms with E-state index >= 15 is 0 Å². The average molecular weight is 428 g/mol. The number of benzene rings is 1. The van der Waals surface area contributed by atoms with E-state index in [9.17, 15) is 4.79 Å². The smallest absolute Gasteiger partial charge is 0.444 e. The highest BCUT2D eigenvalue weighted by Crippen LogP contribution is 2.37. The Balaban J connectivity index is 1.44. The lowest BCUT2D eigenvalue weighted by molar-refractivity contribution is 0.00578. The molecule has 2 aromatic rings. The molecule has 0 atom stereocenters. The largest absolute Gasteiger partial charge is 0.494 e. The van der Waals surface area contributed by atoms with Crippen molar-refractivity contribution >= 4 is 29.8 Å². The maximum absolute atomic E-state index is 12.3. The summed E-state index contributed by atoms with van der Waals surface area (Å²) in [4.78, 5) is 18.8. The van der Waals surface area contributed by atoms with Crippen LogP contribution in [0.4, 0.5) is 4.79 Å². The highest BCUT2D eigenvalue weighted by atomic mass is 16.7. The number of carbonyl (C=O) groups is 1. The number of fused-ring (bicyclic) bond motifs is 1. The number of nitrogens with zero attached hydrogens (tertiary/aromatic N) is 2. The van der Waals surface area contributed by atoms with Gasteiger partial charge in [-0.2, -0.15) is 0 Å². The third kappa shape index (κ3) is 4.46. The van der Waals surface area contributed by atoms with E-state index < -0.39 is 12.7 Å². The number of amides is 1. The van der Waals surface area contributed by atoms with Crippen LogP contribution in [0.2, 0.25) is 0 Å². The second-order valence-corrected chi connectivity index (χ2v) is 10.6. The van der Waals surface area contributed by atoms with Crippen molar-refractivity contribution in [1.82, 2.24) is 9.88 Å². The van der Waals surface area contributed by atoms with E-state index in [0.29, 0.717) is 13.1 Å². The summed E-state index contributed by atoms with van der Waals surface area (Å²) in [6.45, 7) is 15.1. The fourth-order valence-corrected chi connectivity index (χ4v) is 3.90. The first-order valence-electron chi connectivity index (χ1n) is 11.1. The molecule has 168 valence electrons. The molecule has 2 fully saturated rings. The highest BCUT2D eigenvalue weighted by Gasteiger charge is 2.51. The minimum atomic E-state index is -0.483. The van der Waals surface area contributed by atoms with E-state index in [4.69, 9.17) is 23.4 Å². The van der Waals surface area contributed by atoms with Gasteiger partial charge in [0.2, 0.25) is 0 Å². The zero-order valence-corrected chi connectivity index (χ0v) is 19.7. The van der Waals surface area contributed by atoms with Crippen molar-refractivity contribution in [3.8, 4) is 0 Å². The van der Waals surface area contributed by atoms with Crippen LogP contribution in [0.5, 0.6) is 0 Å². The molecule has 4 rings (SSSR count). The van der Waals surface area contributed by atoms with Gasteiger partial charge in [-0.1, -0.05) is 6.07 Å². The first-order valence-corrected chi connectivity index (χ1v) is 11.1. The van der Waals surface area contributed by atoms with Gasteiger partial charge in [-0.05, 0) is 78.9 Å². The summed E-state index contributed by atoms with van der Waals surface area (Å²) < 4.78 is 23.9. The summed E-state index contributed by atoms with van der Waals surface area (Å²) >= 11 is 0. The van der Waals surface area contributed by atoms with Gasteiger partial charge < -0.3 is 23.4 Å². The topological polar surface area (TPSA) is 74.0 Å². The number of ether oxygens (including phenoxy) is 1. The van der Waals surface area contributed by atoms with Gasteiger partial charge in [0, 0.05) is 19.0 Å². The Hall–Kier alpha value is -2.06. The van der Waals surface area contributed by atoms with Gasteiger partial charge in [-0.3, -0.25) is 0 Å². The standard InChI is InChI=1S/C23H33BN2O5/c1-21(2,3)29-20(27)26-12-10-15(11-13-26)19-25-17-14-16(8-9-18(17)28-19)24-30-22(4,5)23(6,7)31-24/h8-9,14-15H,10-13H2,1-7H3. The number of hydrogen-bond acceptors (Lipinski definition) is 6. The monoisotopic (exact) mass is 428 g/mol. The number of likely N-dealkylation sites (tertiary alicyclic amines) is 1. The fraction of sp³-hybridized carbons (Fsp3) is 0.652. The van der Waals surface area contributed by atoms with E-state index in [-0.39, 0.29) is 23.2 Å². The van der Waals surface area contributed by atoms with Gasteiger partial charge in [-0.25, -0.2) is 9.78 Å². The van der Waals surface area contributed by atoms with Gasteiger partial charge >= 0.3 is 13.2 Å². The molecule has 2 aliphatic rings. The molecule has 0 bridgehead atoms. The van der Waals surface area contributed by atoms with Crippen molar-refractivity contribution in [3.63, 3.8) is 0 Å². The highest BCUT2D eigenvalue weighted by molar-refractivity contribution is 6.62. The molecule has 2 aliphatic heterocycles. The number of oxazole rings is 1. The van der Waals surface area contributed by atoms with Crippen LogP contribution in [0, 0.1) is 0 Å². The number of rotatable bonds is 2. The summed E-state index contributed by atoms with van der Waals surface area (Å²) in [7, 11) is -0.424. The van der Waals surface area contributed by atoms with E-state index in [1.165, 1.54) is 0 Å². The van der Waals surface area contributed by atoms with E-state index in [2.05, 4.69) is 0 Å². The van der Waals surface area contributed by atoms with E-state index in [1.54, 1.807) is 4.90 Å². The Labute approximate surface area is 184 Å². The molecule has 1 aromatic carbocycles. The summed E-state index contributed by atoms with van der Waals surface area (Å²) in [6, 6.07) is 5.90. The molecule has 3 heterocycles. The van der Waals surface area contributed by atoms with Gasteiger partial charge in [0.15, 0.2) is 11.5 Å². The molecule has 0 aliphatic carbocycles. The van der Waals surface area contributed by atoms with Crippen LogP contribution < -0.4 is 5.46 Å². The predicted molar refractivity (Wildman–Crippen MR) is 120 cm³/mol. The van der Waals surface area contributed by atoms with Crippen LogP contribution in [0.25, 0.3) is 11.1 Å². The zero-order chi connectivity index (χ0) is 22.6. The maximum atomic E-state index is 12.3. The summed E-state index contributed by atoms with van der Waals surface area (Å²) in [6.07, 6.45) is 1.35. The van der Waals surface area contributed by atoms with Gasteiger partial charge in [0.05, 0.1) is 11.2 Å².